The fraction of sp³-hybridized carbons (Fsp3) is 1.00. The first kappa shape index (κ1) is 15.3. The van der Waals surface area contributed by atoms with Gasteiger partial charge in [0.05, 0.1) is 0 Å². The van der Waals surface area contributed by atoms with Crippen molar-refractivity contribution in [3.63, 3.8) is 0 Å². The summed E-state index contributed by atoms with van der Waals surface area (Å²) >= 11 is 0. The molecule has 2 fully saturated rings. The fourth-order valence-corrected chi connectivity index (χ4v) is 4.09. The fourth-order valence-electron chi connectivity index (χ4n) is 4.09. The van der Waals surface area contributed by atoms with Gasteiger partial charge in [0.2, 0.25) is 0 Å². The molecule has 0 amide bonds. The Kier molecular flexibility index (Phi) is 5.70. The summed E-state index contributed by atoms with van der Waals surface area (Å²) in [6.45, 7) is 11.9. The number of likely N-dealkylation sites (tertiary alicyclic amines) is 1. The van der Waals surface area contributed by atoms with E-state index < -0.39 is 0 Å². The van der Waals surface area contributed by atoms with Crippen molar-refractivity contribution in [3.8, 4) is 0 Å². The Balaban J connectivity index is 1.87. The molecule has 3 unspecified atom stereocenters. The second-order valence-electron chi connectivity index (χ2n) is 7.27. The maximum absolute atomic E-state index is 3.61. The third-order valence-corrected chi connectivity index (χ3v) is 5.48. The van der Waals surface area contributed by atoms with Crippen molar-refractivity contribution in [1.82, 2.24) is 10.2 Å². The maximum atomic E-state index is 3.61. The minimum atomic E-state index is 0.610. The molecule has 1 saturated carbocycles. The lowest BCUT2D eigenvalue weighted by molar-refractivity contribution is 0.109. The van der Waals surface area contributed by atoms with Gasteiger partial charge in [0.25, 0.3) is 0 Å². The van der Waals surface area contributed by atoms with Gasteiger partial charge in [-0.05, 0) is 57.5 Å². The monoisotopic (exact) mass is 266 g/mol. The smallest absolute Gasteiger partial charge is 0.0127 e. The van der Waals surface area contributed by atoms with Crippen LogP contribution in [0.15, 0.2) is 0 Å². The van der Waals surface area contributed by atoms with E-state index in [2.05, 4.69) is 37.9 Å². The van der Waals surface area contributed by atoms with Crippen LogP contribution in [-0.4, -0.2) is 36.1 Å². The van der Waals surface area contributed by atoms with Gasteiger partial charge in [0.15, 0.2) is 0 Å². The molecule has 2 aliphatic rings. The van der Waals surface area contributed by atoms with Crippen LogP contribution < -0.4 is 5.32 Å². The summed E-state index contributed by atoms with van der Waals surface area (Å²) in [5.41, 5.74) is 0. The van der Waals surface area contributed by atoms with Crippen molar-refractivity contribution in [2.45, 2.75) is 84.3 Å². The van der Waals surface area contributed by atoms with Crippen LogP contribution in [0.3, 0.4) is 0 Å². The average molecular weight is 266 g/mol. The van der Waals surface area contributed by atoms with Gasteiger partial charge in [0, 0.05) is 18.1 Å². The molecule has 0 aromatic rings. The highest BCUT2D eigenvalue weighted by molar-refractivity contribution is 4.91. The summed E-state index contributed by atoms with van der Waals surface area (Å²) < 4.78 is 0. The van der Waals surface area contributed by atoms with E-state index in [1.54, 1.807) is 0 Å². The normalized spacial score (nSPS) is 29.2. The van der Waals surface area contributed by atoms with Crippen LogP contribution >= 0.6 is 0 Å². The molecule has 0 aromatic carbocycles. The highest BCUT2D eigenvalue weighted by Crippen LogP contribution is 2.37. The summed E-state index contributed by atoms with van der Waals surface area (Å²) in [7, 11) is 0. The molecule has 0 aromatic heterocycles. The van der Waals surface area contributed by atoms with Crippen LogP contribution in [0.2, 0.25) is 0 Å². The van der Waals surface area contributed by atoms with Crippen LogP contribution in [0.5, 0.6) is 0 Å². The van der Waals surface area contributed by atoms with E-state index in [-0.39, 0.29) is 0 Å². The lowest BCUT2D eigenvalue weighted by atomic mass is 9.93. The zero-order chi connectivity index (χ0) is 13.8. The summed E-state index contributed by atoms with van der Waals surface area (Å²) in [5, 5.41) is 3.61. The van der Waals surface area contributed by atoms with Crippen molar-refractivity contribution >= 4 is 0 Å². The number of hydrogen-bond donors (Lipinski definition) is 1. The number of hydrogen-bond acceptors (Lipinski definition) is 2. The van der Waals surface area contributed by atoms with Crippen LogP contribution in [0.25, 0.3) is 0 Å². The van der Waals surface area contributed by atoms with Gasteiger partial charge in [-0.15, -0.1) is 0 Å². The second kappa shape index (κ2) is 7.08. The van der Waals surface area contributed by atoms with Crippen LogP contribution in [0, 0.1) is 11.8 Å². The maximum Gasteiger partial charge on any atom is 0.0127 e. The Hall–Kier alpha value is -0.0800. The van der Waals surface area contributed by atoms with E-state index >= 15 is 0 Å². The molecule has 2 nitrogen and oxygen atoms in total. The van der Waals surface area contributed by atoms with Gasteiger partial charge >= 0.3 is 0 Å². The molecule has 2 rings (SSSR count). The lowest BCUT2D eigenvalue weighted by Crippen LogP contribution is -2.46. The van der Waals surface area contributed by atoms with Crippen LogP contribution in [0.1, 0.15) is 66.2 Å². The SMILES string of the molecule is CC(C)NCC(C)C(C)N1CCCC1C1CCCC1. The third kappa shape index (κ3) is 3.95. The zero-order valence-electron chi connectivity index (χ0n) is 13.5. The minimum Gasteiger partial charge on any atom is -0.314 e. The van der Waals surface area contributed by atoms with Gasteiger partial charge in [-0.3, -0.25) is 4.90 Å². The molecule has 0 bridgehead atoms. The quantitative estimate of drug-likeness (QED) is 0.789. The van der Waals surface area contributed by atoms with Crippen molar-refractivity contribution in [2.75, 3.05) is 13.1 Å². The molecule has 0 radical (unpaired) electrons. The van der Waals surface area contributed by atoms with E-state index in [9.17, 15) is 0 Å². The summed E-state index contributed by atoms with van der Waals surface area (Å²) in [5.74, 6) is 1.76. The summed E-state index contributed by atoms with van der Waals surface area (Å²) in [4.78, 5) is 2.85. The van der Waals surface area contributed by atoms with E-state index in [4.69, 9.17) is 0 Å². The van der Waals surface area contributed by atoms with Gasteiger partial charge in [-0.2, -0.15) is 0 Å². The average Bonchev–Trinajstić information content (AvgIpc) is 3.03. The number of nitrogens with zero attached hydrogens (tertiary/aromatic N) is 1. The highest BCUT2D eigenvalue weighted by Gasteiger charge is 2.36. The molecule has 19 heavy (non-hydrogen) atoms. The molecule has 1 aliphatic carbocycles. The molecular formula is C17H34N2. The largest absolute Gasteiger partial charge is 0.314 e. The molecule has 112 valence electrons. The molecule has 1 N–H and O–H groups in total. The lowest BCUT2D eigenvalue weighted by Gasteiger charge is -2.37. The standard InChI is InChI=1S/C17H34N2/c1-13(2)18-12-14(3)15(4)19-11-7-10-17(19)16-8-5-6-9-16/h13-18H,5-12H2,1-4H3. The predicted molar refractivity (Wildman–Crippen MR) is 83.5 cm³/mol. The van der Waals surface area contributed by atoms with Gasteiger partial charge < -0.3 is 5.32 Å². The molecule has 2 heteroatoms. The summed E-state index contributed by atoms with van der Waals surface area (Å²) in [6, 6.07) is 2.25. The minimum absolute atomic E-state index is 0.610. The second-order valence-corrected chi connectivity index (χ2v) is 7.27. The van der Waals surface area contributed by atoms with Crippen molar-refractivity contribution in [1.29, 1.82) is 0 Å². The molecular weight excluding hydrogens is 232 g/mol. The molecule has 0 spiro atoms. The van der Waals surface area contributed by atoms with Crippen molar-refractivity contribution < 1.29 is 0 Å². The predicted octanol–water partition coefficient (Wildman–Crippen LogP) is 3.66. The molecule has 1 aliphatic heterocycles. The Morgan fingerprint density at radius 3 is 2.32 bits per heavy atom. The number of nitrogens with one attached hydrogen (secondary N) is 1. The first-order valence-electron chi connectivity index (χ1n) is 8.58. The zero-order valence-corrected chi connectivity index (χ0v) is 13.5. The third-order valence-electron chi connectivity index (χ3n) is 5.48. The first-order chi connectivity index (χ1) is 9.09. The molecule has 1 heterocycles. The van der Waals surface area contributed by atoms with Crippen molar-refractivity contribution in [3.05, 3.63) is 0 Å². The summed E-state index contributed by atoms with van der Waals surface area (Å²) in [6.07, 6.45) is 8.83. The van der Waals surface area contributed by atoms with Crippen LogP contribution in [-0.2, 0) is 0 Å². The van der Waals surface area contributed by atoms with E-state index in [0.717, 1.165) is 30.5 Å². The Morgan fingerprint density at radius 1 is 1.00 bits per heavy atom. The first-order valence-corrected chi connectivity index (χ1v) is 8.58. The van der Waals surface area contributed by atoms with E-state index in [1.165, 1.54) is 45.1 Å². The van der Waals surface area contributed by atoms with Crippen LogP contribution in [0.4, 0.5) is 0 Å². The Labute approximate surface area is 120 Å². The Bertz CT molecular complexity index is 258. The van der Waals surface area contributed by atoms with Gasteiger partial charge in [0.1, 0.15) is 0 Å². The Morgan fingerprint density at radius 2 is 1.68 bits per heavy atom. The number of rotatable bonds is 6. The molecule has 1 saturated heterocycles. The van der Waals surface area contributed by atoms with Gasteiger partial charge in [-0.1, -0.05) is 33.6 Å². The molecule has 3 atom stereocenters. The van der Waals surface area contributed by atoms with E-state index in [1.807, 2.05) is 0 Å². The van der Waals surface area contributed by atoms with Gasteiger partial charge in [-0.25, -0.2) is 0 Å². The highest BCUT2D eigenvalue weighted by atomic mass is 15.2. The topological polar surface area (TPSA) is 15.3 Å². The van der Waals surface area contributed by atoms with E-state index in [0.29, 0.717) is 6.04 Å². The van der Waals surface area contributed by atoms with Crippen molar-refractivity contribution in [2.24, 2.45) is 11.8 Å².